The SMILES string of the molecule is CC(=O)C(=Cc1ccc(Cl)cc1Cl)C(=O)CCN(C)C. The van der Waals surface area contributed by atoms with Crippen molar-refractivity contribution in [2.45, 2.75) is 13.3 Å². The fourth-order valence-corrected chi connectivity index (χ4v) is 2.08. The number of ketones is 2. The molecule has 0 aromatic heterocycles. The molecule has 0 heterocycles. The maximum absolute atomic E-state index is 12.1. The van der Waals surface area contributed by atoms with Crippen molar-refractivity contribution in [1.29, 1.82) is 0 Å². The minimum atomic E-state index is -0.264. The van der Waals surface area contributed by atoms with Gasteiger partial charge in [0.2, 0.25) is 0 Å². The zero-order valence-electron chi connectivity index (χ0n) is 11.7. The zero-order chi connectivity index (χ0) is 15.3. The van der Waals surface area contributed by atoms with Gasteiger partial charge in [-0.15, -0.1) is 0 Å². The third-order valence-electron chi connectivity index (χ3n) is 2.73. The van der Waals surface area contributed by atoms with E-state index in [1.165, 1.54) is 13.0 Å². The number of rotatable bonds is 6. The molecule has 0 saturated heterocycles. The molecule has 0 atom stereocenters. The van der Waals surface area contributed by atoms with E-state index in [4.69, 9.17) is 23.2 Å². The lowest BCUT2D eigenvalue weighted by Gasteiger charge is -2.09. The average Bonchev–Trinajstić information content (AvgIpc) is 2.34. The number of hydrogen-bond acceptors (Lipinski definition) is 3. The summed E-state index contributed by atoms with van der Waals surface area (Å²) in [6.07, 6.45) is 1.82. The van der Waals surface area contributed by atoms with E-state index in [-0.39, 0.29) is 17.1 Å². The van der Waals surface area contributed by atoms with Crippen molar-refractivity contribution in [3.8, 4) is 0 Å². The molecule has 0 N–H and O–H groups in total. The molecule has 0 aliphatic rings. The first-order chi connectivity index (χ1) is 9.31. The summed E-state index contributed by atoms with van der Waals surface area (Å²) in [5.41, 5.74) is 0.774. The highest BCUT2D eigenvalue weighted by molar-refractivity contribution is 6.36. The Labute approximate surface area is 129 Å². The molecule has 108 valence electrons. The molecule has 0 unspecified atom stereocenters. The summed E-state index contributed by atoms with van der Waals surface area (Å²) in [5, 5.41) is 0.923. The predicted molar refractivity (Wildman–Crippen MR) is 83.3 cm³/mol. The molecule has 5 heteroatoms. The van der Waals surface area contributed by atoms with Crippen LogP contribution in [0.2, 0.25) is 10.0 Å². The minimum Gasteiger partial charge on any atom is -0.309 e. The van der Waals surface area contributed by atoms with E-state index in [0.29, 0.717) is 28.6 Å². The Morgan fingerprint density at radius 1 is 1.25 bits per heavy atom. The average molecular weight is 314 g/mol. The third-order valence-corrected chi connectivity index (χ3v) is 3.29. The topological polar surface area (TPSA) is 37.4 Å². The molecule has 0 saturated carbocycles. The standard InChI is InChI=1S/C15H17Cl2NO2/c1-10(19)13(15(20)6-7-18(2)3)8-11-4-5-12(16)9-14(11)17/h4-5,8-9H,6-7H2,1-3H3. The number of nitrogens with zero attached hydrogens (tertiary/aromatic N) is 1. The molecule has 0 amide bonds. The minimum absolute atomic E-state index is 0.163. The molecule has 1 aromatic rings. The Morgan fingerprint density at radius 3 is 2.40 bits per heavy atom. The molecular weight excluding hydrogens is 297 g/mol. The van der Waals surface area contributed by atoms with E-state index in [1.807, 2.05) is 19.0 Å². The first-order valence-corrected chi connectivity index (χ1v) is 6.92. The molecule has 0 radical (unpaired) electrons. The van der Waals surface area contributed by atoms with Gasteiger partial charge in [0.1, 0.15) is 0 Å². The van der Waals surface area contributed by atoms with E-state index in [9.17, 15) is 9.59 Å². The largest absolute Gasteiger partial charge is 0.309 e. The van der Waals surface area contributed by atoms with Gasteiger partial charge in [0, 0.05) is 23.0 Å². The molecule has 0 aliphatic carbocycles. The smallest absolute Gasteiger partial charge is 0.167 e. The predicted octanol–water partition coefficient (Wildman–Crippen LogP) is 3.49. The maximum Gasteiger partial charge on any atom is 0.167 e. The Bertz CT molecular complexity index is 551. The second-order valence-corrected chi connectivity index (χ2v) is 5.60. The summed E-state index contributed by atoms with van der Waals surface area (Å²) in [7, 11) is 3.75. The first-order valence-electron chi connectivity index (χ1n) is 6.17. The van der Waals surface area contributed by atoms with Crippen LogP contribution in [0.15, 0.2) is 23.8 Å². The Morgan fingerprint density at radius 2 is 1.90 bits per heavy atom. The van der Waals surface area contributed by atoms with Crippen molar-refractivity contribution in [2.24, 2.45) is 0 Å². The summed E-state index contributed by atoms with van der Waals surface area (Å²) >= 11 is 11.9. The summed E-state index contributed by atoms with van der Waals surface area (Å²) in [5.74, 6) is -0.447. The molecule has 0 spiro atoms. The summed E-state index contributed by atoms with van der Waals surface area (Å²) in [4.78, 5) is 25.6. The van der Waals surface area contributed by atoms with Gasteiger partial charge >= 0.3 is 0 Å². The molecule has 20 heavy (non-hydrogen) atoms. The van der Waals surface area contributed by atoms with Crippen LogP contribution in [0.25, 0.3) is 6.08 Å². The van der Waals surface area contributed by atoms with Gasteiger partial charge in [0.05, 0.1) is 5.57 Å². The fraction of sp³-hybridized carbons (Fsp3) is 0.333. The number of hydrogen-bond donors (Lipinski definition) is 0. The number of halogens is 2. The van der Waals surface area contributed by atoms with Gasteiger partial charge in [0.15, 0.2) is 11.6 Å². The van der Waals surface area contributed by atoms with Crippen molar-refractivity contribution >= 4 is 40.8 Å². The van der Waals surface area contributed by atoms with Crippen molar-refractivity contribution in [2.75, 3.05) is 20.6 Å². The number of Topliss-reactive ketones (excluding diaryl/α,β-unsaturated/α-hetero) is 2. The van der Waals surface area contributed by atoms with Crippen LogP contribution in [0, 0.1) is 0 Å². The molecule has 3 nitrogen and oxygen atoms in total. The Kier molecular flexibility index (Phi) is 6.40. The Hall–Kier alpha value is -1.16. The highest BCUT2D eigenvalue weighted by Gasteiger charge is 2.15. The number of carbonyl (C=O) groups excluding carboxylic acids is 2. The van der Waals surface area contributed by atoms with Crippen LogP contribution in [0.3, 0.4) is 0 Å². The molecule has 1 aromatic carbocycles. The van der Waals surface area contributed by atoms with E-state index in [2.05, 4.69) is 0 Å². The van der Waals surface area contributed by atoms with E-state index in [1.54, 1.807) is 18.2 Å². The van der Waals surface area contributed by atoms with Crippen molar-refractivity contribution in [3.63, 3.8) is 0 Å². The molecule has 0 fully saturated rings. The zero-order valence-corrected chi connectivity index (χ0v) is 13.3. The molecule has 1 rings (SSSR count). The van der Waals surface area contributed by atoms with Crippen molar-refractivity contribution in [3.05, 3.63) is 39.4 Å². The van der Waals surface area contributed by atoms with Crippen LogP contribution in [0.4, 0.5) is 0 Å². The van der Waals surface area contributed by atoms with Gasteiger partial charge in [-0.2, -0.15) is 0 Å². The lowest BCUT2D eigenvalue weighted by Crippen LogP contribution is -2.19. The van der Waals surface area contributed by atoms with Crippen LogP contribution in [-0.4, -0.2) is 37.1 Å². The molecule has 0 bridgehead atoms. The lowest BCUT2D eigenvalue weighted by molar-refractivity contribution is -0.120. The van der Waals surface area contributed by atoms with Gasteiger partial charge in [-0.25, -0.2) is 0 Å². The van der Waals surface area contributed by atoms with Crippen LogP contribution in [-0.2, 0) is 9.59 Å². The van der Waals surface area contributed by atoms with Gasteiger partial charge in [-0.1, -0.05) is 29.3 Å². The summed E-state index contributed by atoms with van der Waals surface area (Å²) in [6, 6.07) is 4.94. The second-order valence-electron chi connectivity index (χ2n) is 4.76. The van der Waals surface area contributed by atoms with Gasteiger partial charge < -0.3 is 4.90 Å². The van der Waals surface area contributed by atoms with E-state index in [0.717, 1.165) is 0 Å². The first kappa shape index (κ1) is 16.9. The highest BCUT2D eigenvalue weighted by atomic mass is 35.5. The lowest BCUT2D eigenvalue weighted by atomic mass is 10.0. The van der Waals surface area contributed by atoms with E-state index >= 15 is 0 Å². The summed E-state index contributed by atoms with van der Waals surface area (Å²) < 4.78 is 0. The quantitative estimate of drug-likeness (QED) is 0.458. The van der Waals surface area contributed by atoms with Crippen LogP contribution >= 0.6 is 23.2 Å². The Balaban J connectivity index is 3.04. The van der Waals surface area contributed by atoms with Crippen molar-refractivity contribution in [1.82, 2.24) is 4.90 Å². The monoisotopic (exact) mass is 313 g/mol. The third kappa shape index (κ3) is 5.08. The van der Waals surface area contributed by atoms with Gasteiger partial charge in [0.25, 0.3) is 0 Å². The van der Waals surface area contributed by atoms with Crippen LogP contribution < -0.4 is 0 Å². The van der Waals surface area contributed by atoms with Crippen LogP contribution in [0.5, 0.6) is 0 Å². The van der Waals surface area contributed by atoms with Gasteiger partial charge in [-0.3, -0.25) is 9.59 Å². The normalized spacial score (nSPS) is 11.8. The second kappa shape index (κ2) is 7.58. The van der Waals surface area contributed by atoms with Crippen LogP contribution in [0.1, 0.15) is 18.9 Å². The van der Waals surface area contributed by atoms with Crippen molar-refractivity contribution < 1.29 is 9.59 Å². The molecular formula is C15H17Cl2NO2. The maximum atomic E-state index is 12.1. The fourth-order valence-electron chi connectivity index (χ4n) is 1.61. The van der Waals surface area contributed by atoms with Gasteiger partial charge in [-0.05, 0) is 44.8 Å². The number of benzene rings is 1. The highest BCUT2D eigenvalue weighted by Crippen LogP contribution is 2.23. The van der Waals surface area contributed by atoms with E-state index < -0.39 is 0 Å². The number of carbonyl (C=O) groups is 2. The molecule has 0 aliphatic heterocycles. The number of allylic oxidation sites excluding steroid dienone is 1. The summed E-state index contributed by atoms with van der Waals surface area (Å²) in [6.45, 7) is 1.97.